The average Bonchev–Trinajstić information content (AvgIpc) is 3.40. The summed E-state index contributed by atoms with van der Waals surface area (Å²) in [5, 5.41) is 52.2. The van der Waals surface area contributed by atoms with Gasteiger partial charge in [0.2, 0.25) is 0 Å². The molecule has 0 aromatic carbocycles. The summed E-state index contributed by atoms with van der Waals surface area (Å²) in [6.45, 7) is 4.42. The van der Waals surface area contributed by atoms with Gasteiger partial charge in [-0.2, -0.15) is 0 Å². The van der Waals surface area contributed by atoms with Crippen molar-refractivity contribution >= 4 is 31.6 Å². The maximum absolute atomic E-state index is 13.4. The number of carbonyl (C=O) groups excluding carboxylic acids is 2. The van der Waals surface area contributed by atoms with Gasteiger partial charge < -0.3 is 49.0 Å². The smallest absolute Gasteiger partial charge is 0.325 e. The average molecular weight is 1140 g/mol. The molecule has 1 aliphatic carbocycles. The number of esters is 2. The van der Waals surface area contributed by atoms with Gasteiger partial charge in [0.05, 0.1) is 0 Å². The van der Waals surface area contributed by atoms with Crippen molar-refractivity contribution in [2.24, 2.45) is 0 Å². The minimum atomic E-state index is -3.89. The van der Waals surface area contributed by atoms with Gasteiger partial charge in [-0.1, -0.05) is 251 Å². The Morgan fingerprint density at radius 1 is 0.455 bits per heavy atom. The lowest BCUT2D eigenvalue weighted by Crippen LogP contribution is -2.63. The number of aliphatic hydroxyl groups is 5. The molecule has 0 spiro atoms. The summed E-state index contributed by atoms with van der Waals surface area (Å²) in [7, 11) is -3.89. The van der Waals surface area contributed by atoms with E-state index < -0.39 is 50.3 Å². The number of hydrogen-bond donors (Lipinski definition) is 7. The van der Waals surface area contributed by atoms with Crippen molar-refractivity contribution in [2.45, 2.75) is 357 Å². The Labute approximate surface area is 474 Å². The topological polar surface area (TPSA) is 221 Å². The van der Waals surface area contributed by atoms with Crippen LogP contribution in [0, 0.1) is 0 Å². The molecular formula is C62H119O13PS. The molecule has 456 valence electrons. The van der Waals surface area contributed by atoms with Crippen LogP contribution in [-0.2, 0) is 27.8 Å². The normalized spacial score (nSPS) is 19.8. The second-order valence-corrected chi connectivity index (χ2v) is 25.8. The predicted molar refractivity (Wildman–Crippen MR) is 317 cm³/mol. The lowest BCUT2D eigenvalue weighted by molar-refractivity contribution is -0.214. The summed E-state index contributed by atoms with van der Waals surface area (Å²) >= 11 is 0.992. The first-order valence-corrected chi connectivity index (χ1v) is 34.7. The van der Waals surface area contributed by atoms with Crippen LogP contribution in [0.3, 0.4) is 0 Å². The Balaban J connectivity index is 2.74. The van der Waals surface area contributed by atoms with Crippen molar-refractivity contribution in [1.82, 2.24) is 0 Å². The van der Waals surface area contributed by atoms with Crippen LogP contribution in [0.1, 0.15) is 309 Å². The Morgan fingerprint density at radius 3 is 1.19 bits per heavy atom. The second-order valence-electron chi connectivity index (χ2n) is 22.9. The first kappa shape index (κ1) is 74.0. The highest BCUT2D eigenvalue weighted by Gasteiger charge is 2.49. The number of unbranched alkanes of at least 4 members (excludes halogenated alkanes) is 38. The van der Waals surface area contributed by atoms with E-state index in [1.165, 1.54) is 148 Å². The molecule has 1 rings (SSSR count). The zero-order valence-electron chi connectivity index (χ0n) is 49.2. The maximum atomic E-state index is 13.4. The molecule has 15 heteroatoms. The highest BCUT2D eigenvalue weighted by atomic mass is 32.2. The van der Waals surface area contributed by atoms with E-state index in [0.717, 1.165) is 128 Å². The quantitative estimate of drug-likeness (QED) is 0.00991. The molecule has 4 unspecified atom stereocenters. The zero-order valence-corrected chi connectivity index (χ0v) is 50.9. The third kappa shape index (κ3) is 44.2. The molecule has 1 aliphatic rings. The largest absolute Gasteiger partial charge is 0.462 e. The first-order valence-electron chi connectivity index (χ1n) is 32.1. The Hall–Kier alpha value is -1.06. The van der Waals surface area contributed by atoms with E-state index in [1.54, 1.807) is 0 Å². The fourth-order valence-corrected chi connectivity index (χ4v) is 12.1. The summed E-state index contributed by atoms with van der Waals surface area (Å²) in [5.41, 5.74) is 0. The van der Waals surface area contributed by atoms with Crippen LogP contribution >= 0.6 is 19.6 Å². The molecule has 0 saturated heterocycles. The molecule has 0 heterocycles. The molecule has 13 nitrogen and oxygen atoms in total. The molecule has 8 atom stereocenters. The highest BCUT2D eigenvalue weighted by molar-refractivity contribution is 7.95. The summed E-state index contributed by atoms with van der Waals surface area (Å²) in [6, 6.07) is 0. The van der Waals surface area contributed by atoms with Crippen molar-refractivity contribution < 1.29 is 63.1 Å². The SMILES string of the molecule is CCCCCCCCCCCCCCCCCC(=O)OCC(CC(CCCCCC/C=C\CCCCCCCCP(=O)(O)O)SOC1[C@@H](O)[C@H](O)C(O)[C@H](O)[C@@H]1O)OC(=O)CCCCCCCCCCCCCCCCC. The molecule has 0 bridgehead atoms. The van der Waals surface area contributed by atoms with Gasteiger partial charge in [0, 0.05) is 30.7 Å². The zero-order chi connectivity index (χ0) is 56.5. The molecule has 0 aromatic heterocycles. The van der Waals surface area contributed by atoms with Crippen LogP contribution < -0.4 is 0 Å². The van der Waals surface area contributed by atoms with Crippen molar-refractivity contribution in [3.63, 3.8) is 0 Å². The number of carbonyl (C=O) groups is 2. The van der Waals surface area contributed by atoms with Gasteiger partial charge in [-0.25, -0.2) is 0 Å². The van der Waals surface area contributed by atoms with E-state index in [0.29, 0.717) is 19.3 Å². The monoisotopic (exact) mass is 1130 g/mol. The number of hydrogen-bond acceptors (Lipinski definition) is 12. The molecule has 7 N–H and O–H groups in total. The van der Waals surface area contributed by atoms with E-state index in [-0.39, 0.29) is 42.8 Å². The third-order valence-electron chi connectivity index (χ3n) is 15.5. The van der Waals surface area contributed by atoms with E-state index in [4.69, 9.17) is 23.4 Å². The van der Waals surface area contributed by atoms with Crippen molar-refractivity contribution in [3.05, 3.63) is 12.2 Å². The lowest BCUT2D eigenvalue weighted by atomic mass is 9.85. The predicted octanol–water partition coefficient (Wildman–Crippen LogP) is 15.4. The standard InChI is InChI=1S/C62H119O13PS/c1-3-5-7-9-11-13-15-17-19-24-28-32-36-40-44-48-55(63)73-52-53(74-56(64)49-45-41-37-33-29-25-20-18-16-14-12-10-8-6-4-2)51-54(77-75-62-60(68)58(66)57(65)59(67)61(62)69)47-43-39-35-31-27-23-21-22-26-30-34-38-42-46-50-76(70,71)72/h21,23,53-54,57-62,65-69H,3-20,22,24-52H2,1-2H3,(H2,70,71,72)/b23-21-/t53?,54?,57?,58-,59+,60-,61-,62?/m0/s1. The van der Waals surface area contributed by atoms with Crippen LogP contribution in [-0.4, -0.2) is 108 Å². The Morgan fingerprint density at radius 2 is 0.792 bits per heavy atom. The van der Waals surface area contributed by atoms with Gasteiger partial charge in [0.1, 0.15) is 49.3 Å². The first-order chi connectivity index (χ1) is 37.3. The van der Waals surface area contributed by atoms with Gasteiger partial charge in [-0.05, 0) is 63.4 Å². The van der Waals surface area contributed by atoms with Gasteiger partial charge in [0.25, 0.3) is 0 Å². The molecule has 0 radical (unpaired) electrons. The fourth-order valence-electron chi connectivity index (χ4n) is 10.4. The van der Waals surface area contributed by atoms with Crippen LogP contribution in [0.25, 0.3) is 0 Å². The number of ether oxygens (including phenoxy) is 2. The lowest BCUT2D eigenvalue weighted by Gasteiger charge is -2.41. The van der Waals surface area contributed by atoms with Gasteiger partial charge in [-0.3, -0.25) is 14.2 Å². The molecule has 0 aliphatic heterocycles. The van der Waals surface area contributed by atoms with Crippen molar-refractivity contribution in [1.29, 1.82) is 0 Å². The third-order valence-corrected chi connectivity index (χ3v) is 17.4. The van der Waals surface area contributed by atoms with E-state index in [9.17, 15) is 39.7 Å². The summed E-state index contributed by atoms with van der Waals surface area (Å²) in [5.74, 6) is -0.656. The summed E-state index contributed by atoms with van der Waals surface area (Å²) in [4.78, 5) is 44.5. The molecule has 0 amide bonds. The Bertz CT molecular complexity index is 1400. The fraction of sp³-hybridized carbons (Fsp3) is 0.935. The molecular weight excluding hydrogens is 1020 g/mol. The van der Waals surface area contributed by atoms with Crippen LogP contribution in [0.15, 0.2) is 12.2 Å². The number of allylic oxidation sites excluding steroid dienone is 2. The molecule has 77 heavy (non-hydrogen) atoms. The minimum absolute atomic E-state index is 0.0281. The summed E-state index contributed by atoms with van der Waals surface area (Å²) < 4.78 is 28.8. The highest BCUT2D eigenvalue weighted by Crippen LogP contribution is 2.36. The Kier molecular flexibility index (Phi) is 49.7. The van der Waals surface area contributed by atoms with E-state index in [2.05, 4.69) is 26.0 Å². The van der Waals surface area contributed by atoms with Crippen molar-refractivity contribution in [2.75, 3.05) is 12.8 Å². The minimum Gasteiger partial charge on any atom is -0.462 e. The van der Waals surface area contributed by atoms with Crippen LogP contribution in [0.4, 0.5) is 0 Å². The van der Waals surface area contributed by atoms with Gasteiger partial charge in [-0.15, -0.1) is 0 Å². The van der Waals surface area contributed by atoms with E-state index >= 15 is 0 Å². The van der Waals surface area contributed by atoms with Crippen molar-refractivity contribution in [3.8, 4) is 0 Å². The molecule has 1 fully saturated rings. The van der Waals surface area contributed by atoms with Gasteiger partial charge in [0.15, 0.2) is 0 Å². The van der Waals surface area contributed by atoms with Crippen LogP contribution in [0.5, 0.6) is 0 Å². The number of rotatable bonds is 56. The number of aliphatic hydroxyl groups excluding tert-OH is 5. The van der Waals surface area contributed by atoms with Crippen LogP contribution in [0.2, 0.25) is 0 Å². The second kappa shape index (κ2) is 51.8. The molecule has 0 aromatic rings. The van der Waals surface area contributed by atoms with E-state index in [1.807, 2.05) is 0 Å². The van der Waals surface area contributed by atoms with Gasteiger partial charge >= 0.3 is 19.5 Å². The maximum Gasteiger partial charge on any atom is 0.325 e. The molecule has 1 saturated carbocycles. The summed E-state index contributed by atoms with van der Waals surface area (Å²) in [6.07, 6.45) is 43.8.